The van der Waals surface area contributed by atoms with Crippen molar-refractivity contribution in [2.75, 3.05) is 30.0 Å². The molecule has 1 amide bonds. The Morgan fingerprint density at radius 1 is 1.17 bits per heavy atom. The van der Waals surface area contributed by atoms with Gasteiger partial charge in [-0.15, -0.1) is 0 Å². The highest BCUT2D eigenvalue weighted by Crippen LogP contribution is 2.43. The molecule has 35 heavy (non-hydrogen) atoms. The highest BCUT2D eigenvalue weighted by atomic mass is 79.9. The number of anilines is 2. The maximum absolute atomic E-state index is 13.4. The lowest BCUT2D eigenvalue weighted by atomic mass is 9.91. The van der Waals surface area contributed by atoms with Gasteiger partial charge in [-0.05, 0) is 76.9 Å². The fourth-order valence-electron chi connectivity index (χ4n) is 4.03. The second-order valence-electron chi connectivity index (χ2n) is 10.8. The first-order valence-corrected chi connectivity index (χ1v) is 12.5. The van der Waals surface area contributed by atoms with Gasteiger partial charge in [0.05, 0.1) is 11.3 Å². The summed E-state index contributed by atoms with van der Waals surface area (Å²) in [7, 11) is 1.96. The van der Waals surface area contributed by atoms with Gasteiger partial charge in [0.15, 0.2) is 0 Å². The number of ether oxygens (including phenoxy) is 2. The number of hydrogen-bond acceptors (Lipinski definition) is 6. The molecule has 0 radical (unpaired) electrons. The Labute approximate surface area is 216 Å². The van der Waals surface area contributed by atoms with Gasteiger partial charge in [-0.2, -0.15) is 0 Å². The minimum absolute atomic E-state index is 0.0923. The molecule has 8 heteroatoms. The maximum atomic E-state index is 13.4. The first-order chi connectivity index (χ1) is 16.2. The van der Waals surface area contributed by atoms with Crippen LogP contribution in [0.25, 0.3) is 0 Å². The van der Waals surface area contributed by atoms with Crippen molar-refractivity contribution >= 4 is 39.7 Å². The van der Waals surface area contributed by atoms with Crippen LogP contribution >= 0.6 is 15.9 Å². The lowest BCUT2D eigenvalue weighted by Crippen LogP contribution is -2.54. The van der Waals surface area contributed by atoms with Crippen LogP contribution in [-0.4, -0.2) is 54.4 Å². The van der Waals surface area contributed by atoms with Gasteiger partial charge in [0.1, 0.15) is 29.8 Å². The van der Waals surface area contributed by atoms with Crippen LogP contribution in [0.4, 0.5) is 16.2 Å². The number of aliphatic hydroxyl groups is 1. The zero-order chi connectivity index (χ0) is 26.0. The van der Waals surface area contributed by atoms with Crippen LogP contribution in [0.15, 0.2) is 46.9 Å². The molecular formula is C27H35BrN2O5. The van der Waals surface area contributed by atoms with E-state index in [1.165, 1.54) is 4.90 Å². The molecule has 0 bridgehead atoms. The van der Waals surface area contributed by atoms with Crippen LogP contribution in [0.1, 0.15) is 46.6 Å². The maximum Gasteiger partial charge on any atom is 0.415 e. The van der Waals surface area contributed by atoms with Gasteiger partial charge in [-0.25, -0.2) is 4.79 Å². The highest BCUT2D eigenvalue weighted by molar-refractivity contribution is 9.10. The number of benzene rings is 2. The van der Waals surface area contributed by atoms with Gasteiger partial charge >= 0.3 is 6.09 Å². The van der Waals surface area contributed by atoms with Crippen molar-refractivity contribution < 1.29 is 24.2 Å². The normalized spacial score (nSPS) is 17.7. The lowest BCUT2D eigenvalue weighted by Gasteiger charge is -2.36. The number of hydrogen-bond donors (Lipinski definition) is 1. The predicted molar refractivity (Wildman–Crippen MR) is 141 cm³/mol. The van der Waals surface area contributed by atoms with E-state index in [1.54, 1.807) is 46.8 Å². The van der Waals surface area contributed by atoms with E-state index in [9.17, 15) is 14.7 Å². The number of fused-ring (bicyclic) bond motifs is 1. The fourth-order valence-corrected chi connectivity index (χ4v) is 4.29. The first-order valence-electron chi connectivity index (χ1n) is 11.7. The Morgan fingerprint density at radius 2 is 1.83 bits per heavy atom. The summed E-state index contributed by atoms with van der Waals surface area (Å²) in [5.74, 6) is 0.508. The van der Waals surface area contributed by atoms with Crippen molar-refractivity contribution in [3.8, 4) is 5.75 Å². The van der Waals surface area contributed by atoms with Crippen LogP contribution < -0.4 is 14.5 Å². The molecular weight excluding hydrogens is 512 g/mol. The van der Waals surface area contributed by atoms with Crippen LogP contribution in [0.3, 0.4) is 0 Å². The smallest absolute Gasteiger partial charge is 0.415 e. The molecule has 190 valence electrons. The third kappa shape index (κ3) is 6.76. The lowest BCUT2D eigenvalue weighted by molar-refractivity contribution is -0.112. The summed E-state index contributed by atoms with van der Waals surface area (Å²) >= 11 is 3.45. The summed E-state index contributed by atoms with van der Waals surface area (Å²) in [6.07, 6.45) is 1.08. The van der Waals surface area contributed by atoms with Crippen LogP contribution in [0.2, 0.25) is 0 Å². The molecule has 1 N–H and O–H groups in total. The van der Waals surface area contributed by atoms with E-state index in [0.717, 1.165) is 22.0 Å². The number of rotatable bonds is 8. The SMILES string of the molecule is CN(CCC1(C=O)Cc2ccc(OCC(C)(C)O)cc2N1C(=O)OC(C)(C)C)c1ccc(Br)cc1. The van der Waals surface area contributed by atoms with E-state index in [-0.39, 0.29) is 6.61 Å². The van der Waals surface area contributed by atoms with Crippen LogP contribution in [0, 0.1) is 0 Å². The summed E-state index contributed by atoms with van der Waals surface area (Å²) in [5.41, 5.74) is -0.360. The number of nitrogens with zero attached hydrogens (tertiary/aromatic N) is 2. The molecule has 0 aromatic heterocycles. The van der Waals surface area contributed by atoms with Gasteiger partial charge in [-0.3, -0.25) is 4.90 Å². The van der Waals surface area contributed by atoms with Gasteiger partial charge < -0.3 is 24.3 Å². The van der Waals surface area contributed by atoms with Gasteiger partial charge in [0.25, 0.3) is 0 Å². The molecule has 2 aromatic rings. The zero-order valence-electron chi connectivity index (χ0n) is 21.3. The molecule has 0 aliphatic carbocycles. The van der Waals surface area contributed by atoms with Crippen molar-refractivity contribution in [3.63, 3.8) is 0 Å². The number of carbonyl (C=O) groups excluding carboxylic acids is 2. The van der Waals surface area contributed by atoms with Crippen molar-refractivity contribution in [1.29, 1.82) is 0 Å². The zero-order valence-corrected chi connectivity index (χ0v) is 22.9. The Hall–Kier alpha value is -2.58. The molecule has 1 unspecified atom stereocenters. The standard InChI is InChI=1S/C27H35BrN2O5/c1-25(2,3)35-24(32)30-23-15-22(34-18-26(4,5)33)12-7-19(23)16-27(30,17-31)13-14-29(6)21-10-8-20(28)9-11-21/h7-12,15,17,33H,13-14,16,18H2,1-6H3. The van der Waals surface area contributed by atoms with Crippen LogP contribution in [0.5, 0.6) is 5.75 Å². The highest BCUT2D eigenvalue weighted by Gasteiger charge is 2.48. The van der Waals surface area contributed by atoms with E-state index in [0.29, 0.717) is 30.8 Å². The number of amides is 1. The predicted octanol–water partition coefficient (Wildman–Crippen LogP) is 5.36. The van der Waals surface area contributed by atoms with Gasteiger partial charge in [-0.1, -0.05) is 22.0 Å². The molecule has 0 saturated heterocycles. The average Bonchev–Trinajstić information content (AvgIpc) is 3.09. The summed E-state index contributed by atoms with van der Waals surface area (Å²) in [5, 5.41) is 10.0. The summed E-state index contributed by atoms with van der Waals surface area (Å²) in [4.78, 5) is 29.6. The molecule has 1 aliphatic rings. The number of carbonyl (C=O) groups is 2. The first kappa shape index (κ1) is 27.0. The third-order valence-electron chi connectivity index (χ3n) is 5.77. The fraction of sp³-hybridized carbons (Fsp3) is 0.481. The second-order valence-corrected chi connectivity index (χ2v) is 11.7. The molecule has 3 rings (SSSR count). The third-order valence-corrected chi connectivity index (χ3v) is 6.30. The average molecular weight is 547 g/mol. The molecule has 2 aromatic carbocycles. The Balaban J connectivity index is 1.92. The molecule has 1 heterocycles. The van der Waals surface area contributed by atoms with E-state index >= 15 is 0 Å². The van der Waals surface area contributed by atoms with E-state index < -0.39 is 22.8 Å². The summed E-state index contributed by atoms with van der Waals surface area (Å²) in [6.45, 7) is 9.36. The van der Waals surface area contributed by atoms with Crippen molar-refractivity contribution in [3.05, 3.63) is 52.5 Å². The van der Waals surface area contributed by atoms with Crippen LogP contribution in [-0.2, 0) is 16.0 Å². The van der Waals surface area contributed by atoms with Crippen molar-refractivity contribution in [1.82, 2.24) is 0 Å². The Bertz CT molecular complexity index is 1060. The Kier molecular flexibility index (Phi) is 7.86. The molecule has 1 aliphatic heterocycles. The topological polar surface area (TPSA) is 79.3 Å². The molecule has 0 fully saturated rings. The van der Waals surface area contributed by atoms with E-state index in [4.69, 9.17) is 9.47 Å². The Morgan fingerprint density at radius 3 is 2.40 bits per heavy atom. The molecule has 7 nitrogen and oxygen atoms in total. The number of aldehydes is 1. The quantitative estimate of drug-likeness (QED) is 0.449. The monoisotopic (exact) mass is 546 g/mol. The van der Waals surface area contributed by atoms with Gasteiger partial charge in [0.2, 0.25) is 0 Å². The van der Waals surface area contributed by atoms with Gasteiger partial charge in [0, 0.05) is 36.2 Å². The van der Waals surface area contributed by atoms with Crippen molar-refractivity contribution in [2.45, 2.75) is 64.2 Å². The largest absolute Gasteiger partial charge is 0.491 e. The van der Waals surface area contributed by atoms with Crippen molar-refractivity contribution in [2.24, 2.45) is 0 Å². The number of halogens is 1. The minimum Gasteiger partial charge on any atom is -0.491 e. The molecule has 1 atom stereocenters. The minimum atomic E-state index is -1.09. The summed E-state index contributed by atoms with van der Waals surface area (Å²) in [6, 6.07) is 13.3. The molecule has 0 saturated carbocycles. The molecule has 0 spiro atoms. The van der Waals surface area contributed by atoms with E-state index in [2.05, 4.69) is 20.8 Å². The van der Waals surface area contributed by atoms with E-state index in [1.807, 2.05) is 37.4 Å². The summed E-state index contributed by atoms with van der Waals surface area (Å²) < 4.78 is 12.5. The second kappa shape index (κ2) is 10.2.